The molecule has 1 amide bonds. The lowest BCUT2D eigenvalue weighted by atomic mass is 9.83. The van der Waals surface area contributed by atoms with E-state index in [0.717, 1.165) is 5.56 Å². The van der Waals surface area contributed by atoms with Crippen molar-refractivity contribution in [2.45, 2.75) is 37.5 Å². The number of nitrogens with two attached hydrogens (primary N) is 1. The average Bonchev–Trinajstić information content (AvgIpc) is 2.56. The Morgan fingerprint density at radius 3 is 2.44 bits per heavy atom. The molecule has 1 aromatic heterocycles. The molecule has 2 aromatic rings. The molecule has 0 atom stereocenters. The van der Waals surface area contributed by atoms with Crippen LogP contribution in [-0.2, 0) is 0 Å². The lowest BCUT2D eigenvalue weighted by Gasteiger charge is -2.29. The minimum absolute atomic E-state index is 0.207. The number of carbonyl (C=O) groups is 1. The summed E-state index contributed by atoms with van der Waals surface area (Å²) in [7, 11) is 0. The number of alkyl halides is 2. The van der Waals surface area contributed by atoms with E-state index < -0.39 is 12.0 Å². The number of ether oxygens (including phenoxy) is 1. The smallest absolute Gasteiger partial charge is 0.408 e. The predicted molar refractivity (Wildman–Crippen MR) is 91.1 cm³/mol. The normalized spacial score (nSPS) is 17.2. The van der Waals surface area contributed by atoms with Crippen LogP contribution in [0.3, 0.4) is 0 Å². The van der Waals surface area contributed by atoms with Crippen molar-refractivity contribution in [3.8, 4) is 16.9 Å². The van der Waals surface area contributed by atoms with Crippen LogP contribution in [0.1, 0.15) is 37.3 Å². The van der Waals surface area contributed by atoms with Crippen LogP contribution < -0.4 is 10.5 Å². The van der Waals surface area contributed by atoms with Gasteiger partial charge in [-0.1, -0.05) is 23.7 Å². The molecule has 1 aromatic carbocycles. The Balaban J connectivity index is 2.02. The number of halogens is 3. The Hall–Kier alpha value is -2.21. The molecule has 1 fully saturated rings. The number of aromatic nitrogens is 1. The van der Waals surface area contributed by atoms with Crippen molar-refractivity contribution in [1.82, 2.24) is 4.98 Å². The molecule has 2 N–H and O–H groups in total. The third-order valence-electron chi connectivity index (χ3n) is 4.39. The Kier molecular flexibility index (Phi) is 4.90. The maximum Gasteiger partial charge on any atom is 0.410 e. The molecule has 4 nitrogen and oxygen atoms in total. The second-order valence-corrected chi connectivity index (χ2v) is 6.57. The third-order valence-corrected chi connectivity index (χ3v) is 4.65. The summed E-state index contributed by atoms with van der Waals surface area (Å²) in [5.74, 6) is -2.62. The summed E-state index contributed by atoms with van der Waals surface area (Å²) in [5, 5.41) is 0.574. The number of rotatable bonds is 3. The zero-order chi connectivity index (χ0) is 18.0. The van der Waals surface area contributed by atoms with Gasteiger partial charge in [-0.15, -0.1) is 0 Å². The Morgan fingerprint density at radius 1 is 1.20 bits per heavy atom. The summed E-state index contributed by atoms with van der Waals surface area (Å²) in [4.78, 5) is 15.7. The van der Waals surface area contributed by atoms with E-state index in [1.54, 1.807) is 36.5 Å². The second-order valence-electron chi connectivity index (χ2n) is 6.13. The minimum atomic E-state index is -2.64. The number of benzene rings is 1. The van der Waals surface area contributed by atoms with Crippen LogP contribution >= 0.6 is 11.6 Å². The molecule has 7 heteroatoms. The SMILES string of the molecule is NC(=O)Oc1c(-c2ccc(Cl)cc2)ccnc1C1CCC(F)(F)CC1. The average molecular weight is 367 g/mol. The third kappa shape index (κ3) is 4.07. The van der Waals surface area contributed by atoms with Crippen molar-refractivity contribution in [1.29, 1.82) is 0 Å². The monoisotopic (exact) mass is 366 g/mol. The van der Waals surface area contributed by atoms with Crippen LogP contribution in [0.25, 0.3) is 11.1 Å². The summed E-state index contributed by atoms with van der Waals surface area (Å²) in [6.07, 6.45) is 0.755. The first kappa shape index (κ1) is 17.6. The number of amides is 1. The van der Waals surface area contributed by atoms with Gasteiger partial charge in [-0.05, 0) is 36.6 Å². The lowest BCUT2D eigenvalue weighted by molar-refractivity contribution is -0.0386. The van der Waals surface area contributed by atoms with Crippen molar-refractivity contribution < 1.29 is 18.3 Å². The van der Waals surface area contributed by atoms with Crippen molar-refractivity contribution >= 4 is 17.7 Å². The van der Waals surface area contributed by atoms with Gasteiger partial charge in [0.25, 0.3) is 0 Å². The van der Waals surface area contributed by atoms with Crippen molar-refractivity contribution in [2.24, 2.45) is 5.73 Å². The molecule has 1 aliphatic rings. The Labute approximate surface area is 149 Å². The first-order valence-corrected chi connectivity index (χ1v) is 8.33. The van der Waals surface area contributed by atoms with Gasteiger partial charge in [0.1, 0.15) is 0 Å². The first-order chi connectivity index (χ1) is 11.9. The molecular formula is C18H17ClF2N2O2. The molecule has 1 heterocycles. The number of carbonyl (C=O) groups excluding carboxylic acids is 1. The van der Waals surface area contributed by atoms with Crippen LogP contribution in [-0.4, -0.2) is 17.0 Å². The highest BCUT2D eigenvalue weighted by atomic mass is 35.5. The number of pyridine rings is 1. The fourth-order valence-corrected chi connectivity index (χ4v) is 3.26. The van der Waals surface area contributed by atoms with E-state index >= 15 is 0 Å². The number of hydrogen-bond acceptors (Lipinski definition) is 3. The molecule has 3 rings (SSSR count). The molecule has 0 aliphatic heterocycles. The van der Waals surface area contributed by atoms with Crippen LogP contribution in [0.2, 0.25) is 5.02 Å². The molecule has 25 heavy (non-hydrogen) atoms. The molecule has 0 bridgehead atoms. The van der Waals surface area contributed by atoms with Gasteiger partial charge in [-0.25, -0.2) is 13.6 Å². The number of hydrogen-bond donors (Lipinski definition) is 1. The largest absolute Gasteiger partial charge is 0.410 e. The van der Waals surface area contributed by atoms with E-state index in [2.05, 4.69) is 4.98 Å². The Morgan fingerprint density at radius 2 is 1.84 bits per heavy atom. The van der Waals surface area contributed by atoms with E-state index in [-0.39, 0.29) is 37.4 Å². The maximum atomic E-state index is 13.4. The quantitative estimate of drug-likeness (QED) is 0.816. The molecule has 0 unspecified atom stereocenters. The lowest BCUT2D eigenvalue weighted by Crippen LogP contribution is -2.25. The van der Waals surface area contributed by atoms with Gasteiger partial charge in [0.05, 0.1) is 5.69 Å². The van der Waals surface area contributed by atoms with Crippen LogP contribution in [0.15, 0.2) is 36.5 Å². The molecule has 0 spiro atoms. The van der Waals surface area contributed by atoms with E-state index in [1.807, 2.05) is 0 Å². The Bertz CT molecular complexity index is 771. The van der Waals surface area contributed by atoms with Gasteiger partial charge >= 0.3 is 6.09 Å². The van der Waals surface area contributed by atoms with Gasteiger partial charge in [-0.2, -0.15) is 0 Å². The summed E-state index contributed by atoms with van der Waals surface area (Å²) < 4.78 is 32.1. The maximum absolute atomic E-state index is 13.4. The fraction of sp³-hybridized carbons (Fsp3) is 0.333. The standard InChI is InChI=1S/C18H17ClF2N2O2/c19-13-3-1-11(2-4-13)14-7-10-23-15(16(14)25-17(22)24)12-5-8-18(20,21)9-6-12/h1-4,7,10,12H,5-6,8-9H2,(H2,22,24). The highest BCUT2D eigenvalue weighted by Crippen LogP contribution is 2.45. The zero-order valence-corrected chi connectivity index (χ0v) is 14.1. The molecule has 0 saturated heterocycles. The highest BCUT2D eigenvalue weighted by molar-refractivity contribution is 6.30. The minimum Gasteiger partial charge on any atom is -0.408 e. The summed E-state index contributed by atoms with van der Waals surface area (Å²) in [6.45, 7) is 0. The molecule has 1 saturated carbocycles. The van der Waals surface area contributed by atoms with E-state index in [0.29, 0.717) is 16.3 Å². The zero-order valence-electron chi connectivity index (χ0n) is 13.3. The van der Waals surface area contributed by atoms with Gasteiger partial charge in [-0.3, -0.25) is 4.98 Å². The number of primary amides is 1. The van der Waals surface area contributed by atoms with Crippen molar-refractivity contribution in [2.75, 3.05) is 0 Å². The first-order valence-electron chi connectivity index (χ1n) is 7.96. The topological polar surface area (TPSA) is 65.2 Å². The van der Waals surface area contributed by atoms with Gasteiger partial charge in [0, 0.05) is 35.5 Å². The van der Waals surface area contributed by atoms with Crippen LogP contribution in [0, 0.1) is 0 Å². The van der Waals surface area contributed by atoms with Gasteiger partial charge in [0.15, 0.2) is 5.75 Å². The van der Waals surface area contributed by atoms with Crippen LogP contribution in [0.5, 0.6) is 5.75 Å². The molecule has 0 radical (unpaired) electrons. The molecule has 1 aliphatic carbocycles. The van der Waals surface area contributed by atoms with E-state index in [9.17, 15) is 13.6 Å². The van der Waals surface area contributed by atoms with Crippen molar-refractivity contribution in [3.63, 3.8) is 0 Å². The predicted octanol–water partition coefficient (Wildman–Crippen LogP) is 5.15. The van der Waals surface area contributed by atoms with E-state index in [1.165, 1.54) is 0 Å². The molecule has 132 valence electrons. The highest BCUT2D eigenvalue weighted by Gasteiger charge is 2.37. The van der Waals surface area contributed by atoms with Gasteiger partial charge < -0.3 is 10.5 Å². The summed E-state index contributed by atoms with van der Waals surface area (Å²) in [5.41, 5.74) is 7.09. The summed E-state index contributed by atoms with van der Waals surface area (Å²) >= 11 is 5.91. The summed E-state index contributed by atoms with van der Waals surface area (Å²) in [6, 6.07) is 8.69. The second kappa shape index (κ2) is 6.96. The van der Waals surface area contributed by atoms with E-state index in [4.69, 9.17) is 22.1 Å². The number of nitrogens with zero attached hydrogens (tertiary/aromatic N) is 1. The van der Waals surface area contributed by atoms with Crippen molar-refractivity contribution in [3.05, 3.63) is 47.2 Å². The van der Waals surface area contributed by atoms with Crippen LogP contribution in [0.4, 0.5) is 13.6 Å². The van der Waals surface area contributed by atoms with Gasteiger partial charge in [0.2, 0.25) is 5.92 Å². The molecular weight excluding hydrogens is 350 g/mol. The fourth-order valence-electron chi connectivity index (χ4n) is 3.13.